The standard InChI is InChI=1S/C16H18N4O2/c1-10(17-18-15(21)12-8-9-12)14-11(2)19-20(16(14)22)13-6-4-3-5-7-13/h3-7,12,19H,8-9H2,1-2H3,(H,18,21)/b17-10+. The van der Waals surface area contributed by atoms with E-state index in [2.05, 4.69) is 15.6 Å². The molecule has 1 heterocycles. The molecule has 6 heteroatoms. The van der Waals surface area contributed by atoms with Crippen LogP contribution in [0.25, 0.3) is 5.69 Å². The van der Waals surface area contributed by atoms with Gasteiger partial charge in [-0.15, -0.1) is 0 Å². The highest BCUT2D eigenvalue weighted by Gasteiger charge is 2.29. The van der Waals surface area contributed by atoms with Crippen LogP contribution in [-0.4, -0.2) is 21.4 Å². The molecule has 1 aromatic heterocycles. The third-order valence-corrected chi connectivity index (χ3v) is 3.73. The lowest BCUT2D eigenvalue weighted by Crippen LogP contribution is -2.24. The van der Waals surface area contributed by atoms with Crippen molar-refractivity contribution in [1.29, 1.82) is 0 Å². The zero-order chi connectivity index (χ0) is 15.7. The molecule has 1 aliphatic rings. The van der Waals surface area contributed by atoms with Crippen LogP contribution in [0.1, 0.15) is 31.0 Å². The van der Waals surface area contributed by atoms with Crippen molar-refractivity contribution in [2.24, 2.45) is 11.0 Å². The molecule has 22 heavy (non-hydrogen) atoms. The van der Waals surface area contributed by atoms with E-state index in [1.807, 2.05) is 37.3 Å². The maximum absolute atomic E-state index is 12.6. The van der Waals surface area contributed by atoms with Crippen molar-refractivity contribution in [3.63, 3.8) is 0 Å². The molecule has 1 aromatic carbocycles. The maximum Gasteiger partial charge on any atom is 0.280 e. The van der Waals surface area contributed by atoms with Gasteiger partial charge in [0.05, 0.1) is 17.0 Å². The van der Waals surface area contributed by atoms with Crippen molar-refractivity contribution in [3.05, 3.63) is 51.9 Å². The number of para-hydroxylation sites is 1. The van der Waals surface area contributed by atoms with Gasteiger partial charge in [-0.3, -0.25) is 14.7 Å². The van der Waals surface area contributed by atoms with Crippen LogP contribution in [0.15, 0.2) is 40.2 Å². The second kappa shape index (κ2) is 5.63. The lowest BCUT2D eigenvalue weighted by molar-refractivity contribution is -0.122. The first-order chi connectivity index (χ1) is 10.6. The summed E-state index contributed by atoms with van der Waals surface area (Å²) in [6.45, 7) is 3.54. The molecular weight excluding hydrogens is 280 g/mol. The van der Waals surface area contributed by atoms with Gasteiger partial charge in [0.2, 0.25) is 5.91 Å². The van der Waals surface area contributed by atoms with Gasteiger partial charge >= 0.3 is 0 Å². The largest absolute Gasteiger partial charge is 0.295 e. The van der Waals surface area contributed by atoms with Crippen LogP contribution in [0.2, 0.25) is 0 Å². The fourth-order valence-electron chi connectivity index (χ4n) is 2.36. The van der Waals surface area contributed by atoms with Crippen molar-refractivity contribution in [3.8, 4) is 5.69 Å². The molecule has 0 atom stereocenters. The van der Waals surface area contributed by atoms with Crippen molar-refractivity contribution >= 4 is 11.6 Å². The van der Waals surface area contributed by atoms with Crippen LogP contribution < -0.4 is 11.0 Å². The van der Waals surface area contributed by atoms with E-state index in [9.17, 15) is 9.59 Å². The number of nitrogens with zero attached hydrogens (tertiary/aromatic N) is 2. The minimum absolute atomic E-state index is 0.0732. The summed E-state index contributed by atoms with van der Waals surface area (Å²) in [5.41, 5.74) is 4.83. The number of hydrazone groups is 1. The zero-order valence-electron chi connectivity index (χ0n) is 12.6. The monoisotopic (exact) mass is 298 g/mol. The smallest absolute Gasteiger partial charge is 0.280 e. The number of hydrogen-bond acceptors (Lipinski definition) is 3. The van der Waals surface area contributed by atoms with Crippen molar-refractivity contribution in [1.82, 2.24) is 15.2 Å². The molecule has 2 N–H and O–H groups in total. The van der Waals surface area contributed by atoms with Crippen LogP contribution in [0.4, 0.5) is 0 Å². The lowest BCUT2D eigenvalue weighted by Gasteiger charge is -2.00. The Morgan fingerprint density at radius 3 is 2.64 bits per heavy atom. The van der Waals surface area contributed by atoms with Gasteiger partial charge < -0.3 is 0 Å². The Morgan fingerprint density at radius 2 is 2.00 bits per heavy atom. The Kier molecular flexibility index (Phi) is 3.66. The third kappa shape index (κ3) is 2.72. The van der Waals surface area contributed by atoms with Crippen LogP contribution >= 0.6 is 0 Å². The van der Waals surface area contributed by atoms with Crippen LogP contribution in [-0.2, 0) is 4.79 Å². The van der Waals surface area contributed by atoms with E-state index >= 15 is 0 Å². The van der Waals surface area contributed by atoms with Gasteiger partial charge in [-0.1, -0.05) is 18.2 Å². The number of amides is 1. The van der Waals surface area contributed by atoms with Gasteiger partial charge in [-0.25, -0.2) is 10.1 Å². The quantitative estimate of drug-likeness (QED) is 0.666. The Balaban J connectivity index is 1.91. The highest BCUT2D eigenvalue weighted by atomic mass is 16.2. The number of aromatic nitrogens is 2. The molecule has 114 valence electrons. The second-order valence-corrected chi connectivity index (χ2v) is 5.54. The fraction of sp³-hybridized carbons (Fsp3) is 0.312. The predicted octanol–water partition coefficient (Wildman–Crippen LogP) is 1.72. The normalized spacial score (nSPS) is 14.9. The van der Waals surface area contributed by atoms with Crippen LogP contribution in [0, 0.1) is 12.8 Å². The summed E-state index contributed by atoms with van der Waals surface area (Å²) < 4.78 is 1.48. The average Bonchev–Trinajstić information content (AvgIpc) is 3.32. The molecule has 1 fully saturated rings. The summed E-state index contributed by atoms with van der Waals surface area (Å²) in [6.07, 6.45) is 1.84. The lowest BCUT2D eigenvalue weighted by atomic mass is 10.2. The van der Waals surface area contributed by atoms with E-state index in [0.29, 0.717) is 11.3 Å². The van der Waals surface area contributed by atoms with Gasteiger partial charge in [0.15, 0.2) is 0 Å². The van der Waals surface area contributed by atoms with E-state index in [1.54, 1.807) is 6.92 Å². The molecule has 0 spiro atoms. The number of hydrogen-bond donors (Lipinski definition) is 2. The summed E-state index contributed by atoms with van der Waals surface area (Å²) in [4.78, 5) is 24.2. The Labute approximate surface area is 127 Å². The first kappa shape index (κ1) is 14.3. The molecule has 1 amide bonds. The van der Waals surface area contributed by atoms with E-state index in [4.69, 9.17) is 0 Å². The van der Waals surface area contributed by atoms with Crippen molar-refractivity contribution < 1.29 is 4.79 Å². The fourth-order valence-corrected chi connectivity index (χ4v) is 2.36. The van der Waals surface area contributed by atoms with E-state index < -0.39 is 0 Å². The third-order valence-electron chi connectivity index (χ3n) is 3.73. The van der Waals surface area contributed by atoms with Gasteiger partial charge in [-0.2, -0.15) is 5.10 Å². The summed E-state index contributed by atoms with van der Waals surface area (Å²) in [5, 5.41) is 7.11. The molecule has 2 aromatic rings. The minimum atomic E-state index is -0.175. The number of H-pyrrole nitrogens is 1. The van der Waals surface area contributed by atoms with Gasteiger partial charge in [0, 0.05) is 11.6 Å². The Morgan fingerprint density at radius 1 is 1.32 bits per heavy atom. The van der Waals surface area contributed by atoms with E-state index in [1.165, 1.54) is 4.68 Å². The van der Waals surface area contributed by atoms with Crippen molar-refractivity contribution in [2.75, 3.05) is 0 Å². The summed E-state index contributed by atoms with van der Waals surface area (Å²) in [7, 11) is 0. The molecule has 0 bridgehead atoms. The number of aromatic amines is 1. The van der Waals surface area contributed by atoms with E-state index in [0.717, 1.165) is 24.2 Å². The second-order valence-electron chi connectivity index (χ2n) is 5.54. The number of rotatable bonds is 4. The number of benzene rings is 1. The van der Waals surface area contributed by atoms with Crippen molar-refractivity contribution in [2.45, 2.75) is 26.7 Å². The van der Waals surface area contributed by atoms with E-state index in [-0.39, 0.29) is 17.4 Å². The average molecular weight is 298 g/mol. The summed E-state index contributed by atoms with van der Waals surface area (Å²) in [6, 6.07) is 9.33. The predicted molar refractivity (Wildman–Crippen MR) is 84.2 cm³/mol. The Hall–Kier alpha value is -2.63. The summed E-state index contributed by atoms with van der Waals surface area (Å²) in [5.74, 6) is 0.0146. The molecule has 3 rings (SSSR count). The Bertz CT molecular complexity index is 782. The maximum atomic E-state index is 12.6. The molecular formula is C16H18N4O2. The number of carbonyl (C=O) groups excluding carboxylic acids is 1. The first-order valence-corrected chi connectivity index (χ1v) is 7.29. The number of nitrogens with one attached hydrogen (secondary N) is 2. The van der Waals surface area contributed by atoms with Gasteiger partial charge in [-0.05, 0) is 38.8 Å². The topological polar surface area (TPSA) is 79.2 Å². The number of aryl methyl sites for hydroxylation is 1. The SMILES string of the molecule is C/C(=N\NC(=O)C1CC1)c1c(C)[nH]n(-c2ccccc2)c1=O. The zero-order valence-corrected chi connectivity index (χ0v) is 12.6. The number of carbonyl (C=O) groups is 1. The minimum Gasteiger partial charge on any atom is -0.295 e. The van der Waals surface area contributed by atoms with Crippen LogP contribution in [0.5, 0.6) is 0 Å². The molecule has 0 radical (unpaired) electrons. The molecule has 6 nitrogen and oxygen atoms in total. The highest BCUT2D eigenvalue weighted by Crippen LogP contribution is 2.28. The first-order valence-electron chi connectivity index (χ1n) is 7.29. The molecule has 0 aliphatic heterocycles. The van der Waals surface area contributed by atoms with Gasteiger partial charge in [0.25, 0.3) is 5.56 Å². The molecule has 1 aliphatic carbocycles. The molecule has 0 saturated heterocycles. The summed E-state index contributed by atoms with van der Waals surface area (Å²) >= 11 is 0. The molecule has 0 unspecified atom stereocenters. The van der Waals surface area contributed by atoms with Gasteiger partial charge in [0.1, 0.15) is 0 Å². The van der Waals surface area contributed by atoms with Crippen LogP contribution in [0.3, 0.4) is 0 Å². The highest BCUT2D eigenvalue weighted by molar-refractivity contribution is 6.00. The molecule has 1 saturated carbocycles.